The van der Waals surface area contributed by atoms with E-state index in [1.165, 1.54) is 22.3 Å². The molecule has 0 spiro atoms. The molecule has 2 atom stereocenters. The van der Waals surface area contributed by atoms with Crippen LogP contribution in [0.3, 0.4) is 0 Å². The van der Waals surface area contributed by atoms with Crippen molar-refractivity contribution in [2.45, 2.75) is 45.8 Å². The average Bonchev–Trinajstić information content (AvgIpc) is 2.84. The van der Waals surface area contributed by atoms with Gasteiger partial charge in [-0.15, -0.1) is 0 Å². The van der Waals surface area contributed by atoms with E-state index in [0.717, 1.165) is 30.8 Å². The molecule has 34 heavy (non-hydrogen) atoms. The van der Waals surface area contributed by atoms with Gasteiger partial charge >= 0.3 is 0 Å². The minimum atomic E-state index is -0.116. The van der Waals surface area contributed by atoms with Crippen molar-refractivity contribution in [2.75, 3.05) is 20.8 Å². The van der Waals surface area contributed by atoms with Gasteiger partial charge in [0.2, 0.25) is 0 Å². The minimum Gasteiger partial charge on any atom is -0.493 e. The van der Waals surface area contributed by atoms with Crippen LogP contribution in [-0.2, 0) is 13.0 Å². The fraction of sp³-hybridized carbons (Fsp3) is 0.345. The standard InChI is InChI=1S/C29H34N2O3/c1-19-10-12-22(13-11-19)18-31-15-14-23-16-26(33-4)27(34-5)17-25(23)28(31)21(3)30-29(32)24-9-7-6-8-20(24)2/h6-13,16-17,21,28H,14-15,18H2,1-5H3,(H,30,32)/t21-,28-/m0/s1. The summed E-state index contributed by atoms with van der Waals surface area (Å²) in [6.07, 6.45) is 0.913. The molecule has 1 N–H and O–H groups in total. The number of fused-ring (bicyclic) bond motifs is 1. The molecule has 4 rings (SSSR count). The van der Waals surface area contributed by atoms with Gasteiger partial charge in [-0.1, -0.05) is 48.0 Å². The third kappa shape index (κ3) is 4.95. The van der Waals surface area contributed by atoms with E-state index < -0.39 is 0 Å². The van der Waals surface area contributed by atoms with Crippen molar-refractivity contribution in [1.29, 1.82) is 0 Å². The molecular weight excluding hydrogens is 424 g/mol. The van der Waals surface area contributed by atoms with E-state index in [0.29, 0.717) is 11.3 Å². The van der Waals surface area contributed by atoms with Gasteiger partial charge in [0.05, 0.1) is 20.3 Å². The SMILES string of the molecule is COc1cc2c(cc1OC)[C@H]([C@H](C)NC(=O)c1ccccc1C)N(Cc1ccc(C)cc1)CC2. The molecule has 1 heterocycles. The van der Waals surface area contributed by atoms with Crippen molar-refractivity contribution < 1.29 is 14.3 Å². The van der Waals surface area contributed by atoms with E-state index in [4.69, 9.17) is 9.47 Å². The van der Waals surface area contributed by atoms with Crippen LogP contribution in [0.15, 0.2) is 60.7 Å². The highest BCUT2D eigenvalue weighted by Crippen LogP contribution is 2.40. The van der Waals surface area contributed by atoms with E-state index >= 15 is 0 Å². The molecule has 0 aromatic heterocycles. The van der Waals surface area contributed by atoms with E-state index in [1.54, 1.807) is 14.2 Å². The number of ether oxygens (including phenoxy) is 2. The molecule has 0 aliphatic carbocycles. The summed E-state index contributed by atoms with van der Waals surface area (Å²) in [6, 6.07) is 20.4. The Morgan fingerprint density at radius 2 is 1.71 bits per heavy atom. The van der Waals surface area contributed by atoms with Crippen LogP contribution in [0.4, 0.5) is 0 Å². The van der Waals surface area contributed by atoms with Gasteiger partial charge in [0.25, 0.3) is 5.91 Å². The van der Waals surface area contributed by atoms with Crippen LogP contribution < -0.4 is 14.8 Å². The molecule has 0 bridgehead atoms. The highest BCUT2D eigenvalue weighted by molar-refractivity contribution is 5.95. The van der Waals surface area contributed by atoms with Crippen LogP contribution in [0.25, 0.3) is 0 Å². The predicted octanol–water partition coefficient (Wildman–Crippen LogP) is 5.24. The monoisotopic (exact) mass is 458 g/mol. The van der Waals surface area contributed by atoms with E-state index in [2.05, 4.69) is 60.5 Å². The summed E-state index contributed by atoms with van der Waals surface area (Å²) in [4.78, 5) is 15.6. The Morgan fingerprint density at radius 3 is 2.38 bits per heavy atom. The molecule has 0 radical (unpaired) electrons. The van der Waals surface area contributed by atoms with Crippen LogP contribution in [0.5, 0.6) is 11.5 Å². The Morgan fingerprint density at radius 1 is 1.03 bits per heavy atom. The fourth-order valence-electron chi connectivity index (χ4n) is 4.91. The first-order valence-corrected chi connectivity index (χ1v) is 11.8. The summed E-state index contributed by atoms with van der Waals surface area (Å²) in [7, 11) is 3.33. The molecule has 5 heteroatoms. The summed E-state index contributed by atoms with van der Waals surface area (Å²) in [5.41, 5.74) is 6.60. The molecular formula is C29H34N2O3. The number of hydrogen-bond donors (Lipinski definition) is 1. The maximum Gasteiger partial charge on any atom is 0.251 e. The van der Waals surface area contributed by atoms with Crippen molar-refractivity contribution in [3.05, 3.63) is 94.0 Å². The van der Waals surface area contributed by atoms with Crippen LogP contribution in [-0.4, -0.2) is 37.6 Å². The average molecular weight is 459 g/mol. The molecule has 0 saturated carbocycles. The fourth-order valence-corrected chi connectivity index (χ4v) is 4.91. The van der Waals surface area contributed by atoms with E-state index in [9.17, 15) is 4.79 Å². The van der Waals surface area contributed by atoms with Gasteiger partial charge in [0.1, 0.15) is 0 Å². The van der Waals surface area contributed by atoms with Gasteiger partial charge in [0, 0.05) is 24.7 Å². The highest BCUT2D eigenvalue weighted by atomic mass is 16.5. The molecule has 3 aromatic carbocycles. The number of aryl methyl sites for hydroxylation is 2. The maximum atomic E-state index is 13.2. The first kappa shape index (κ1) is 23.8. The highest BCUT2D eigenvalue weighted by Gasteiger charge is 2.34. The molecule has 0 saturated heterocycles. The van der Waals surface area contributed by atoms with Crippen molar-refractivity contribution in [3.8, 4) is 11.5 Å². The van der Waals surface area contributed by atoms with E-state index in [1.807, 2.05) is 31.2 Å². The normalized spacial score (nSPS) is 16.4. The lowest BCUT2D eigenvalue weighted by atomic mass is 9.87. The summed E-state index contributed by atoms with van der Waals surface area (Å²) in [5.74, 6) is 1.40. The van der Waals surface area contributed by atoms with Crippen LogP contribution in [0.1, 0.15) is 51.1 Å². The zero-order valence-electron chi connectivity index (χ0n) is 20.7. The number of nitrogens with one attached hydrogen (secondary N) is 1. The summed E-state index contributed by atoms with van der Waals surface area (Å²) in [5, 5.41) is 3.29. The lowest BCUT2D eigenvalue weighted by Gasteiger charge is -2.41. The maximum absolute atomic E-state index is 13.2. The van der Waals surface area contributed by atoms with Gasteiger partial charge in [0.15, 0.2) is 11.5 Å². The van der Waals surface area contributed by atoms with Gasteiger partial charge in [-0.05, 0) is 67.6 Å². The molecule has 1 aliphatic heterocycles. The van der Waals surface area contributed by atoms with Crippen LogP contribution in [0, 0.1) is 13.8 Å². The van der Waals surface area contributed by atoms with Gasteiger partial charge < -0.3 is 14.8 Å². The second kappa shape index (κ2) is 10.3. The molecule has 178 valence electrons. The van der Waals surface area contributed by atoms with Gasteiger partial charge in [-0.3, -0.25) is 9.69 Å². The zero-order chi connectivity index (χ0) is 24.2. The Hall–Kier alpha value is -3.31. The van der Waals surface area contributed by atoms with Crippen molar-refractivity contribution >= 4 is 5.91 Å². The molecule has 0 fully saturated rings. The Kier molecular flexibility index (Phi) is 7.23. The number of methoxy groups -OCH3 is 2. The van der Waals surface area contributed by atoms with E-state index in [-0.39, 0.29) is 18.0 Å². The number of benzene rings is 3. The summed E-state index contributed by atoms with van der Waals surface area (Å²) < 4.78 is 11.2. The number of rotatable bonds is 7. The second-order valence-electron chi connectivity index (χ2n) is 9.13. The lowest BCUT2D eigenvalue weighted by molar-refractivity contribution is 0.0876. The summed E-state index contributed by atoms with van der Waals surface area (Å²) in [6.45, 7) is 7.87. The van der Waals surface area contributed by atoms with Gasteiger partial charge in [-0.2, -0.15) is 0 Å². The van der Waals surface area contributed by atoms with Crippen molar-refractivity contribution in [3.63, 3.8) is 0 Å². The number of carbonyl (C=O) groups excluding carboxylic acids is 1. The number of nitrogens with zero attached hydrogens (tertiary/aromatic N) is 1. The predicted molar refractivity (Wildman–Crippen MR) is 136 cm³/mol. The molecule has 1 aliphatic rings. The van der Waals surface area contributed by atoms with Crippen LogP contribution >= 0.6 is 0 Å². The minimum absolute atomic E-state index is 0.00201. The first-order chi connectivity index (χ1) is 16.4. The Labute approximate surface area is 202 Å². The third-order valence-electron chi connectivity index (χ3n) is 6.75. The van der Waals surface area contributed by atoms with Crippen LogP contribution in [0.2, 0.25) is 0 Å². The topological polar surface area (TPSA) is 50.8 Å². The van der Waals surface area contributed by atoms with Crippen molar-refractivity contribution in [2.24, 2.45) is 0 Å². The number of hydrogen-bond acceptors (Lipinski definition) is 4. The third-order valence-corrected chi connectivity index (χ3v) is 6.75. The molecule has 3 aromatic rings. The first-order valence-electron chi connectivity index (χ1n) is 11.8. The quantitative estimate of drug-likeness (QED) is 0.526. The Balaban J connectivity index is 1.69. The zero-order valence-corrected chi connectivity index (χ0v) is 20.7. The summed E-state index contributed by atoms with van der Waals surface area (Å²) >= 11 is 0. The largest absolute Gasteiger partial charge is 0.493 e. The number of amides is 1. The van der Waals surface area contributed by atoms with Crippen molar-refractivity contribution in [1.82, 2.24) is 10.2 Å². The smallest absolute Gasteiger partial charge is 0.251 e. The second-order valence-corrected chi connectivity index (χ2v) is 9.13. The Bertz CT molecular complexity index is 1160. The lowest BCUT2D eigenvalue weighted by Crippen LogP contribution is -2.47. The van der Waals surface area contributed by atoms with Gasteiger partial charge in [-0.25, -0.2) is 0 Å². The number of carbonyl (C=O) groups is 1. The molecule has 5 nitrogen and oxygen atoms in total. The molecule has 0 unspecified atom stereocenters. The molecule has 1 amide bonds.